The first-order chi connectivity index (χ1) is 8.09. The Kier molecular flexibility index (Phi) is 2.64. The van der Waals surface area contributed by atoms with Crippen molar-refractivity contribution in [1.82, 2.24) is 0 Å². The van der Waals surface area contributed by atoms with E-state index in [-0.39, 0.29) is 30.7 Å². The van der Waals surface area contributed by atoms with Gasteiger partial charge in [0.2, 0.25) is 0 Å². The molecule has 0 unspecified atom stereocenters. The van der Waals surface area contributed by atoms with Crippen molar-refractivity contribution in [2.75, 3.05) is 0 Å². The molecule has 0 aromatic heterocycles. The normalized spacial score (nSPS) is 47.2. The SMILES string of the molecule is CC1(C)O[C@H]2O[C@@H]3CC[C@H](CC#N)O[C@@H]3[C@H]2O1. The molecule has 0 aliphatic carbocycles. The van der Waals surface area contributed by atoms with Gasteiger partial charge >= 0.3 is 0 Å². The Morgan fingerprint density at radius 1 is 1.18 bits per heavy atom. The first-order valence-electron chi connectivity index (χ1n) is 6.12. The smallest absolute Gasteiger partial charge is 0.190 e. The molecule has 0 aromatic carbocycles. The molecule has 5 atom stereocenters. The van der Waals surface area contributed by atoms with E-state index in [9.17, 15) is 0 Å². The van der Waals surface area contributed by atoms with Crippen molar-refractivity contribution in [3.63, 3.8) is 0 Å². The predicted molar refractivity (Wildman–Crippen MR) is 56.8 cm³/mol. The van der Waals surface area contributed by atoms with Crippen molar-refractivity contribution in [1.29, 1.82) is 5.26 Å². The molecule has 5 nitrogen and oxygen atoms in total. The lowest BCUT2D eigenvalue weighted by Crippen LogP contribution is -2.43. The second-order valence-corrected chi connectivity index (χ2v) is 5.31. The van der Waals surface area contributed by atoms with Crippen LogP contribution in [-0.4, -0.2) is 36.5 Å². The van der Waals surface area contributed by atoms with Gasteiger partial charge in [-0.05, 0) is 26.7 Å². The van der Waals surface area contributed by atoms with E-state index < -0.39 is 5.79 Å². The summed E-state index contributed by atoms with van der Waals surface area (Å²) in [5.41, 5.74) is 0. The first-order valence-corrected chi connectivity index (χ1v) is 6.12. The maximum atomic E-state index is 8.71. The molecule has 0 aromatic rings. The molecule has 3 saturated heterocycles. The molecule has 0 saturated carbocycles. The number of hydrogen-bond acceptors (Lipinski definition) is 5. The average Bonchev–Trinajstić information content (AvgIpc) is 2.71. The molecule has 5 heteroatoms. The lowest BCUT2D eigenvalue weighted by Gasteiger charge is -2.33. The minimum Gasteiger partial charge on any atom is -0.368 e. The van der Waals surface area contributed by atoms with E-state index in [0.29, 0.717) is 6.42 Å². The summed E-state index contributed by atoms with van der Waals surface area (Å²) >= 11 is 0. The van der Waals surface area contributed by atoms with E-state index in [2.05, 4.69) is 6.07 Å². The minimum atomic E-state index is -0.605. The molecule has 3 rings (SSSR count). The summed E-state index contributed by atoms with van der Waals surface area (Å²) in [4.78, 5) is 0. The fourth-order valence-corrected chi connectivity index (χ4v) is 2.84. The maximum Gasteiger partial charge on any atom is 0.190 e. The Morgan fingerprint density at radius 3 is 2.76 bits per heavy atom. The van der Waals surface area contributed by atoms with E-state index in [1.54, 1.807) is 0 Å². The quantitative estimate of drug-likeness (QED) is 0.690. The zero-order valence-electron chi connectivity index (χ0n) is 10.1. The number of rotatable bonds is 1. The van der Waals surface area contributed by atoms with Crippen LogP contribution in [0, 0.1) is 11.3 Å². The molecule has 17 heavy (non-hydrogen) atoms. The highest BCUT2D eigenvalue weighted by molar-refractivity contribution is 4.97. The molecule has 0 spiro atoms. The van der Waals surface area contributed by atoms with Crippen molar-refractivity contribution in [2.24, 2.45) is 0 Å². The van der Waals surface area contributed by atoms with E-state index in [0.717, 1.165) is 12.8 Å². The largest absolute Gasteiger partial charge is 0.368 e. The third-order valence-corrected chi connectivity index (χ3v) is 3.53. The fraction of sp³-hybridized carbons (Fsp3) is 0.917. The van der Waals surface area contributed by atoms with Crippen LogP contribution in [0.3, 0.4) is 0 Å². The molecule has 94 valence electrons. The lowest BCUT2D eigenvalue weighted by molar-refractivity contribution is -0.230. The van der Waals surface area contributed by atoms with Gasteiger partial charge in [-0.2, -0.15) is 5.26 Å². The zero-order chi connectivity index (χ0) is 12.0. The Labute approximate surface area is 101 Å². The minimum absolute atomic E-state index is 0.0101. The van der Waals surface area contributed by atoms with E-state index in [4.69, 9.17) is 24.2 Å². The number of nitrogens with zero attached hydrogens (tertiary/aromatic N) is 1. The molecule has 3 aliphatic rings. The van der Waals surface area contributed by atoms with Crippen LogP contribution in [0.1, 0.15) is 33.1 Å². The summed E-state index contributed by atoms with van der Waals surface area (Å²) < 4.78 is 23.2. The van der Waals surface area contributed by atoms with Gasteiger partial charge in [0, 0.05) is 0 Å². The highest BCUT2D eigenvalue weighted by Crippen LogP contribution is 2.42. The molecular weight excluding hydrogens is 222 g/mol. The predicted octanol–water partition coefficient (Wildman–Crippen LogP) is 1.32. The maximum absolute atomic E-state index is 8.71. The summed E-state index contributed by atoms with van der Waals surface area (Å²) in [6.07, 6.45) is 1.72. The van der Waals surface area contributed by atoms with Crippen LogP contribution in [-0.2, 0) is 18.9 Å². The van der Waals surface area contributed by atoms with Crippen LogP contribution in [0.25, 0.3) is 0 Å². The summed E-state index contributed by atoms with van der Waals surface area (Å²) in [7, 11) is 0. The van der Waals surface area contributed by atoms with Crippen molar-refractivity contribution in [2.45, 2.75) is 69.6 Å². The van der Waals surface area contributed by atoms with Crippen molar-refractivity contribution >= 4 is 0 Å². The van der Waals surface area contributed by atoms with Gasteiger partial charge in [0.05, 0.1) is 24.7 Å². The van der Waals surface area contributed by atoms with Crippen LogP contribution in [0.2, 0.25) is 0 Å². The van der Waals surface area contributed by atoms with Crippen LogP contribution in [0.4, 0.5) is 0 Å². The molecule has 0 amide bonds. The van der Waals surface area contributed by atoms with E-state index in [1.807, 2.05) is 13.8 Å². The third-order valence-electron chi connectivity index (χ3n) is 3.53. The third kappa shape index (κ3) is 1.95. The molecule has 3 fully saturated rings. The second-order valence-electron chi connectivity index (χ2n) is 5.31. The van der Waals surface area contributed by atoms with Crippen molar-refractivity contribution < 1.29 is 18.9 Å². The van der Waals surface area contributed by atoms with Gasteiger partial charge in [0.15, 0.2) is 12.1 Å². The number of hydrogen-bond donors (Lipinski definition) is 0. The van der Waals surface area contributed by atoms with Gasteiger partial charge in [-0.1, -0.05) is 0 Å². The van der Waals surface area contributed by atoms with Gasteiger partial charge in [-0.25, -0.2) is 0 Å². The average molecular weight is 239 g/mol. The van der Waals surface area contributed by atoms with E-state index in [1.165, 1.54) is 0 Å². The molecule has 0 bridgehead atoms. The highest BCUT2D eigenvalue weighted by atomic mass is 16.8. The second kappa shape index (κ2) is 3.92. The van der Waals surface area contributed by atoms with Crippen LogP contribution >= 0.6 is 0 Å². The van der Waals surface area contributed by atoms with Gasteiger partial charge in [-0.3, -0.25) is 0 Å². The monoisotopic (exact) mass is 239 g/mol. The summed E-state index contributed by atoms with van der Waals surface area (Å²) in [6, 6.07) is 2.16. The van der Waals surface area contributed by atoms with Crippen LogP contribution < -0.4 is 0 Å². The topological polar surface area (TPSA) is 60.7 Å². The lowest BCUT2D eigenvalue weighted by atomic mass is 9.98. The van der Waals surface area contributed by atoms with Crippen LogP contribution in [0.15, 0.2) is 0 Å². The summed E-state index contributed by atoms with van der Waals surface area (Å²) in [5, 5.41) is 8.71. The molecule has 3 heterocycles. The molecule has 0 N–H and O–H groups in total. The van der Waals surface area contributed by atoms with E-state index >= 15 is 0 Å². The van der Waals surface area contributed by atoms with Gasteiger partial charge in [-0.15, -0.1) is 0 Å². The molecule has 3 aliphatic heterocycles. The highest BCUT2D eigenvalue weighted by Gasteiger charge is 2.56. The van der Waals surface area contributed by atoms with Crippen LogP contribution in [0.5, 0.6) is 0 Å². The number of nitriles is 1. The molecule has 0 radical (unpaired) electrons. The Hall–Kier alpha value is -0.670. The van der Waals surface area contributed by atoms with Crippen molar-refractivity contribution in [3.8, 4) is 6.07 Å². The van der Waals surface area contributed by atoms with Gasteiger partial charge in [0.1, 0.15) is 12.2 Å². The van der Waals surface area contributed by atoms with Gasteiger partial charge in [0.25, 0.3) is 0 Å². The first kappa shape index (κ1) is 11.4. The fourth-order valence-electron chi connectivity index (χ4n) is 2.84. The summed E-state index contributed by atoms with van der Waals surface area (Å²) in [5.74, 6) is -0.605. The number of fused-ring (bicyclic) bond motifs is 3. The zero-order valence-corrected chi connectivity index (χ0v) is 10.1. The Bertz CT molecular complexity index is 351. The molecular formula is C12H17NO4. The standard InChI is InChI=1S/C12H17NO4/c1-12(2)16-10-9-8(15-11(10)17-12)4-3-7(14-9)5-6-13/h7-11H,3-5H2,1-2H3/t7-,8-,9+,10-,11-/m1/s1. The van der Waals surface area contributed by atoms with Crippen molar-refractivity contribution in [3.05, 3.63) is 0 Å². The van der Waals surface area contributed by atoms with Gasteiger partial charge < -0.3 is 18.9 Å². The Morgan fingerprint density at radius 2 is 2.00 bits per heavy atom. The Balaban J connectivity index is 1.71. The number of ether oxygens (including phenoxy) is 4. The summed E-state index contributed by atoms with van der Waals surface area (Å²) in [6.45, 7) is 3.75.